The second-order valence-electron chi connectivity index (χ2n) is 12.1. The molecule has 0 amide bonds. The van der Waals surface area contributed by atoms with Crippen molar-refractivity contribution in [2.75, 3.05) is 18.0 Å². The van der Waals surface area contributed by atoms with Crippen molar-refractivity contribution in [1.29, 1.82) is 0 Å². The molecule has 0 N–H and O–H groups in total. The molecule has 12 heteroatoms. The van der Waals surface area contributed by atoms with E-state index in [0.717, 1.165) is 45.0 Å². The number of aromatic nitrogens is 1. The van der Waals surface area contributed by atoms with E-state index in [1.54, 1.807) is 24.5 Å². The van der Waals surface area contributed by atoms with Crippen molar-refractivity contribution in [1.82, 2.24) is 4.98 Å². The van der Waals surface area contributed by atoms with Crippen LogP contribution in [0.25, 0.3) is 5.57 Å². The Morgan fingerprint density at radius 1 is 0.870 bits per heavy atom. The average Bonchev–Trinajstić information content (AvgIpc) is 3.34. The molecule has 2 aliphatic heterocycles. The van der Waals surface area contributed by atoms with Crippen LogP contribution in [0.4, 0.5) is 11.4 Å². The van der Waals surface area contributed by atoms with Gasteiger partial charge in [-0.1, -0.05) is 19.9 Å². The smallest absolute Gasteiger partial charge is 0.744 e. The Hall–Kier alpha value is -2.90. The molecule has 3 heterocycles. The first-order chi connectivity index (χ1) is 21.0. The fourth-order valence-electron chi connectivity index (χ4n) is 6.43. The maximum atomic E-state index is 11.8. The van der Waals surface area contributed by atoms with Crippen molar-refractivity contribution in [3.8, 4) is 0 Å². The Balaban J connectivity index is 0.00000480. The molecule has 5 rings (SSSR count). The molecule has 0 unspecified atom stereocenters. The van der Waals surface area contributed by atoms with Crippen LogP contribution >= 0.6 is 0 Å². The van der Waals surface area contributed by atoms with Gasteiger partial charge in [-0.25, -0.2) is 16.8 Å². The van der Waals surface area contributed by atoms with Gasteiger partial charge in [-0.05, 0) is 99.0 Å². The minimum absolute atomic E-state index is 0. The van der Waals surface area contributed by atoms with Crippen LogP contribution in [0, 0.1) is 0 Å². The van der Waals surface area contributed by atoms with Gasteiger partial charge in [0.1, 0.15) is 26.8 Å². The Bertz CT molecular complexity index is 2030. The molecule has 2 aliphatic rings. The first-order valence-corrected chi connectivity index (χ1v) is 17.5. The van der Waals surface area contributed by atoms with Crippen LogP contribution in [0.3, 0.4) is 0 Å². The molecular formula is C34H36N3NaO6S2. The summed E-state index contributed by atoms with van der Waals surface area (Å²) in [5.74, 6) is 0. The van der Waals surface area contributed by atoms with Crippen LogP contribution in [0.1, 0.15) is 58.2 Å². The average molecular weight is 670 g/mol. The second kappa shape index (κ2) is 13.0. The molecule has 0 fully saturated rings. The minimum Gasteiger partial charge on any atom is -0.744 e. The summed E-state index contributed by atoms with van der Waals surface area (Å²) in [7, 11) is -9.21. The number of nitrogens with zero attached hydrogens (tertiary/aromatic N) is 3. The number of allylic oxidation sites excluding steroid dienone is 6. The van der Waals surface area contributed by atoms with E-state index >= 15 is 0 Å². The fraction of sp³-hybridized carbons (Fsp3) is 0.294. The Kier molecular flexibility index (Phi) is 10.1. The van der Waals surface area contributed by atoms with Crippen LogP contribution in [0.5, 0.6) is 0 Å². The summed E-state index contributed by atoms with van der Waals surface area (Å²) in [6.07, 6.45) is 11.5. The number of hydrogen-bond acceptors (Lipinski definition) is 8. The Morgan fingerprint density at radius 3 is 2.02 bits per heavy atom. The van der Waals surface area contributed by atoms with E-state index in [4.69, 9.17) is 0 Å². The quantitative estimate of drug-likeness (QED) is 0.155. The Labute approximate surface area is 293 Å². The zero-order chi connectivity index (χ0) is 32.9. The topological polar surface area (TPSA) is 134 Å². The van der Waals surface area contributed by atoms with Gasteiger partial charge < -0.3 is 14.0 Å². The van der Waals surface area contributed by atoms with Gasteiger partial charge in [0.05, 0.1) is 15.2 Å². The summed E-state index contributed by atoms with van der Waals surface area (Å²) in [6.45, 7) is 13.3. The molecule has 0 saturated carbocycles. The Morgan fingerprint density at radius 2 is 1.46 bits per heavy atom. The largest absolute Gasteiger partial charge is 1.00 e. The molecule has 0 aliphatic carbocycles. The van der Waals surface area contributed by atoms with Crippen molar-refractivity contribution in [3.05, 3.63) is 108 Å². The molecule has 0 bridgehead atoms. The first kappa shape index (κ1) is 35.9. The van der Waals surface area contributed by atoms with Gasteiger partial charge in [-0.2, -0.15) is 4.58 Å². The third kappa shape index (κ3) is 6.47. The van der Waals surface area contributed by atoms with Crippen LogP contribution < -0.4 is 34.5 Å². The fourth-order valence-corrected chi connectivity index (χ4v) is 7.43. The van der Waals surface area contributed by atoms with Gasteiger partial charge >= 0.3 is 29.6 Å². The number of anilines is 1. The third-order valence-corrected chi connectivity index (χ3v) is 10.5. The monoisotopic (exact) mass is 669 g/mol. The van der Waals surface area contributed by atoms with E-state index in [-0.39, 0.29) is 39.3 Å². The standard InChI is InChI=1S/C34H37N3O6S2.Na/c1-7-36-29-13-11-25(44(38,39)40)21-27(29)33(3,4)31(36)15-9-23(24-17-19-35-20-18-24)10-16-32-34(5,6)28-22-26(45(41,42)43)12-14-30(28)37(32)8-2;/h9-22H,7-8H2,1-6H3,(H-,38,39,40,41,42,43);/q;+1/p-1. The predicted molar refractivity (Wildman–Crippen MR) is 173 cm³/mol. The summed E-state index contributed by atoms with van der Waals surface area (Å²) in [6, 6.07) is 12.9. The second-order valence-corrected chi connectivity index (χ2v) is 14.9. The molecule has 236 valence electrons. The maximum Gasteiger partial charge on any atom is 1.00 e. The normalized spacial score (nSPS) is 18.2. The van der Waals surface area contributed by atoms with Gasteiger partial charge in [-0.15, -0.1) is 0 Å². The van der Waals surface area contributed by atoms with Crippen molar-refractivity contribution in [3.63, 3.8) is 0 Å². The van der Waals surface area contributed by atoms with Crippen molar-refractivity contribution < 1.29 is 60.1 Å². The third-order valence-electron chi connectivity index (χ3n) is 8.79. The molecule has 0 spiro atoms. The zero-order valence-corrected chi connectivity index (χ0v) is 30.7. The van der Waals surface area contributed by atoms with Gasteiger partial charge in [-0.3, -0.25) is 4.98 Å². The first-order valence-electron chi connectivity index (χ1n) is 14.7. The summed E-state index contributed by atoms with van der Waals surface area (Å²) in [4.78, 5) is 5.79. The van der Waals surface area contributed by atoms with Crippen LogP contribution in [-0.2, 0) is 31.1 Å². The van der Waals surface area contributed by atoms with Crippen molar-refractivity contribution >= 4 is 42.9 Å². The van der Waals surface area contributed by atoms with Crippen molar-refractivity contribution in [2.24, 2.45) is 0 Å². The minimum atomic E-state index is -4.61. The van der Waals surface area contributed by atoms with Gasteiger partial charge in [0.2, 0.25) is 5.69 Å². The number of hydrogen-bond donors (Lipinski definition) is 0. The van der Waals surface area contributed by atoms with Gasteiger partial charge in [0, 0.05) is 53.4 Å². The molecule has 46 heavy (non-hydrogen) atoms. The molecule has 9 nitrogen and oxygen atoms in total. The molecule has 1 aromatic heterocycles. The number of pyridine rings is 1. The van der Waals surface area contributed by atoms with E-state index in [1.165, 1.54) is 24.3 Å². The van der Waals surface area contributed by atoms with Crippen LogP contribution in [0.2, 0.25) is 0 Å². The summed E-state index contributed by atoms with van der Waals surface area (Å²) in [5, 5.41) is 0. The van der Waals surface area contributed by atoms with E-state index in [0.29, 0.717) is 13.1 Å². The summed E-state index contributed by atoms with van der Waals surface area (Å²) < 4.78 is 72.9. The zero-order valence-electron chi connectivity index (χ0n) is 27.1. The SMILES string of the molecule is CCN1C(=CC=C(C=CC2=[N+](CC)c3ccc(S(=O)(=O)[O-])cc3C2(C)C)c2ccncc2)C(C)(C)c2cc(S(=O)(=O)[O-])ccc21.[Na+]. The molecule has 2 aromatic carbocycles. The number of rotatable bonds is 8. The predicted octanol–water partition coefficient (Wildman–Crippen LogP) is 2.63. The van der Waals surface area contributed by atoms with E-state index in [1.807, 2.05) is 78.0 Å². The van der Waals surface area contributed by atoms with Gasteiger partial charge in [0.15, 0.2) is 5.71 Å². The van der Waals surface area contributed by atoms with Crippen LogP contribution in [0.15, 0.2) is 101 Å². The van der Waals surface area contributed by atoms with Crippen LogP contribution in [-0.4, -0.2) is 54.3 Å². The van der Waals surface area contributed by atoms with E-state index in [9.17, 15) is 25.9 Å². The van der Waals surface area contributed by atoms with Crippen molar-refractivity contribution in [2.45, 2.75) is 62.2 Å². The molecule has 3 aromatic rings. The summed E-state index contributed by atoms with van der Waals surface area (Å²) in [5.41, 5.74) is 5.77. The van der Waals surface area contributed by atoms with E-state index in [2.05, 4.69) is 14.5 Å². The molecular weight excluding hydrogens is 634 g/mol. The maximum absolute atomic E-state index is 11.8. The van der Waals surface area contributed by atoms with Gasteiger partial charge in [0.25, 0.3) is 0 Å². The number of likely N-dealkylation sites (N-methyl/N-ethyl adjacent to an activating group) is 1. The molecule has 0 radical (unpaired) electrons. The number of benzene rings is 2. The molecule has 0 atom stereocenters. The summed E-state index contributed by atoms with van der Waals surface area (Å²) >= 11 is 0. The molecule has 0 saturated heterocycles. The number of fused-ring (bicyclic) bond motifs is 2. The van der Waals surface area contributed by atoms with E-state index < -0.39 is 31.1 Å².